The molecule has 0 saturated carbocycles. The number of halogens is 1. The van der Waals surface area contributed by atoms with Gasteiger partial charge in [0.2, 0.25) is 0 Å². The predicted octanol–water partition coefficient (Wildman–Crippen LogP) is 4.17. The van der Waals surface area contributed by atoms with Crippen LogP contribution in [0.1, 0.15) is 12.5 Å². The summed E-state index contributed by atoms with van der Waals surface area (Å²) in [5.41, 5.74) is 1.76. The maximum Gasteiger partial charge on any atom is 0.265 e. The molecule has 0 aliphatic carbocycles. The molecule has 0 spiro atoms. The molecule has 0 aliphatic heterocycles. The van der Waals surface area contributed by atoms with Gasteiger partial charge in [-0.3, -0.25) is 4.79 Å². The van der Waals surface area contributed by atoms with Crippen LogP contribution in [-0.2, 0) is 4.79 Å². The first-order valence-corrected chi connectivity index (χ1v) is 7.66. The molecular weight excluding hydrogens is 346 g/mol. The van der Waals surface area contributed by atoms with Crippen LogP contribution in [0, 0.1) is 6.92 Å². The van der Waals surface area contributed by atoms with Gasteiger partial charge < -0.3 is 14.8 Å². The number of carbonyl (C=O) groups excluding carboxylic acids is 1. The van der Waals surface area contributed by atoms with Gasteiger partial charge in [0.25, 0.3) is 5.91 Å². The molecule has 2 aromatic rings. The van der Waals surface area contributed by atoms with E-state index in [2.05, 4.69) is 21.2 Å². The van der Waals surface area contributed by atoms with E-state index in [1.165, 1.54) is 0 Å². The minimum absolute atomic E-state index is 0.193. The van der Waals surface area contributed by atoms with Crippen LogP contribution in [0.25, 0.3) is 0 Å². The third-order valence-corrected chi connectivity index (χ3v) is 3.68. The van der Waals surface area contributed by atoms with Crippen LogP contribution in [0.3, 0.4) is 0 Å². The number of hydrogen-bond acceptors (Lipinski definition) is 3. The van der Waals surface area contributed by atoms with Gasteiger partial charge in [0.1, 0.15) is 11.5 Å². The van der Waals surface area contributed by atoms with Crippen LogP contribution >= 0.6 is 15.9 Å². The fourth-order valence-electron chi connectivity index (χ4n) is 1.91. The molecule has 0 fully saturated rings. The molecule has 0 radical (unpaired) electrons. The first kappa shape index (κ1) is 16.4. The number of hydrogen-bond donors (Lipinski definition) is 1. The van der Waals surface area contributed by atoms with Crippen molar-refractivity contribution < 1.29 is 14.3 Å². The Balaban J connectivity index is 1.99. The summed E-state index contributed by atoms with van der Waals surface area (Å²) in [6.45, 7) is 3.66. The molecule has 2 aromatic carbocycles. The molecule has 0 heterocycles. The molecule has 1 amide bonds. The Hall–Kier alpha value is -2.01. The van der Waals surface area contributed by atoms with Crippen molar-refractivity contribution in [3.63, 3.8) is 0 Å². The highest BCUT2D eigenvalue weighted by Gasteiger charge is 2.15. The van der Waals surface area contributed by atoms with Crippen LogP contribution in [-0.4, -0.2) is 19.1 Å². The van der Waals surface area contributed by atoms with Crippen molar-refractivity contribution >= 4 is 27.5 Å². The van der Waals surface area contributed by atoms with E-state index < -0.39 is 6.10 Å². The maximum atomic E-state index is 12.2. The second kappa shape index (κ2) is 7.31. The monoisotopic (exact) mass is 363 g/mol. The molecule has 1 atom stereocenters. The average Bonchev–Trinajstić information content (AvgIpc) is 2.50. The Morgan fingerprint density at radius 1 is 1.14 bits per heavy atom. The van der Waals surface area contributed by atoms with Gasteiger partial charge in [-0.05, 0) is 61.9 Å². The molecule has 0 unspecified atom stereocenters. The lowest BCUT2D eigenvalue weighted by molar-refractivity contribution is -0.122. The Bertz CT molecular complexity index is 655. The molecule has 5 heteroatoms. The number of amides is 1. The third kappa shape index (κ3) is 4.24. The second-order valence-electron chi connectivity index (χ2n) is 4.88. The summed E-state index contributed by atoms with van der Waals surface area (Å²) in [5.74, 6) is 1.17. The van der Waals surface area contributed by atoms with Crippen molar-refractivity contribution in [1.29, 1.82) is 0 Å². The summed E-state index contributed by atoms with van der Waals surface area (Å²) in [5, 5.41) is 2.87. The van der Waals surface area contributed by atoms with Gasteiger partial charge >= 0.3 is 0 Å². The van der Waals surface area contributed by atoms with Crippen LogP contribution in [0.5, 0.6) is 11.5 Å². The second-order valence-corrected chi connectivity index (χ2v) is 5.80. The Kier molecular flexibility index (Phi) is 5.44. The summed E-state index contributed by atoms with van der Waals surface area (Å²) in [6, 6.07) is 12.8. The van der Waals surface area contributed by atoms with E-state index in [-0.39, 0.29) is 5.91 Å². The predicted molar refractivity (Wildman–Crippen MR) is 90.6 cm³/mol. The van der Waals surface area contributed by atoms with Crippen LogP contribution < -0.4 is 14.8 Å². The van der Waals surface area contributed by atoms with Crippen LogP contribution in [0.4, 0.5) is 5.69 Å². The van der Waals surface area contributed by atoms with Crippen molar-refractivity contribution in [3.8, 4) is 11.5 Å². The zero-order chi connectivity index (χ0) is 16.1. The molecule has 116 valence electrons. The van der Waals surface area contributed by atoms with E-state index in [0.717, 1.165) is 21.5 Å². The lowest BCUT2D eigenvalue weighted by Crippen LogP contribution is -2.30. The van der Waals surface area contributed by atoms with Gasteiger partial charge in [-0.15, -0.1) is 0 Å². The van der Waals surface area contributed by atoms with E-state index in [1.807, 2.05) is 25.1 Å². The Morgan fingerprint density at radius 2 is 1.77 bits per heavy atom. The van der Waals surface area contributed by atoms with E-state index >= 15 is 0 Å². The third-order valence-electron chi connectivity index (χ3n) is 3.19. The maximum absolute atomic E-state index is 12.2. The highest BCUT2D eigenvalue weighted by atomic mass is 79.9. The highest BCUT2D eigenvalue weighted by molar-refractivity contribution is 9.10. The average molecular weight is 364 g/mol. The first-order chi connectivity index (χ1) is 10.5. The smallest absolute Gasteiger partial charge is 0.265 e. The zero-order valence-electron chi connectivity index (χ0n) is 12.7. The van der Waals surface area contributed by atoms with Crippen LogP contribution in [0.15, 0.2) is 46.9 Å². The van der Waals surface area contributed by atoms with Gasteiger partial charge in [-0.25, -0.2) is 0 Å². The minimum Gasteiger partial charge on any atom is -0.497 e. The summed E-state index contributed by atoms with van der Waals surface area (Å²) < 4.78 is 11.7. The molecular formula is C17H18BrNO3. The van der Waals surface area contributed by atoms with Crippen molar-refractivity contribution in [2.45, 2.75) is 20.0 Å². The summed E-state index contributed by atoms with van der Waals surface area (Å²) in [7, 11) is 1.60. The van der Waals surface area contributed by atoms with E-state index in [1.54, 1.807) is 38.3 Å². The number of aryl methyl sites for hydroxylation is 1. The fourth-order valence-corrected chi connectivity index (χ4v) is 2.39. The molecule has 22 heavy (non-hydrogen) atoms. The highest BCUT2D eigenvalue weighted by Crippen LogP contribution is 2.21. The van der Waals surface area contributed by atoms with E-state index in [0.29, 0.717) is 5.75 Å². The lowest BCUT2D eigenvalue weighted by atomic mass is 10.2. The summed E-state index contributed by atoms with van der Waals surface area (Å²) >= 11 is 3.40. The Morgan fingerprint density at radius 3 is 2.36 bits per heavy atom. The summed E-state index contributed by atoms with van der Waals surface area (Å²) in [6.07, 6.45) is -0.601. The largest absolute Gasteiger partial charge is 0.497 e. The fraction of sp³-hybridized carbons (Fsp3) is 0.235. The van der Waals surface area contributed by atoms with Crippen molar-refractivity contribution in [2.75, 3.05) is 12.4 Å². The van der Waals surface area contributed by atoms with Gasteiger partial charge in [0, 0.05) is 10.2 Å². The number of rotatable bonds is 5. The quantitative estimate of drug-likeness (QED) is 0.866. The number of methoxy groups -OCH3 is 1. The minimum atomic E-state index is -0.601. The number of benzene rings is 2. The zero-order valence-corrected chi connectivity index (χ0v) is 14.3. The molecule has 0 aliphatic rings. The number of nitrogens with one attached hydrogen (secondary N) is 1. The SMILES string of the molecule is COc1ccc(O[C@@H](C)C(=O)Nc2ccc(Br)cc2C)cc1. The number of anilines is 1. The standard InChI is InChI=1S/C17H18BrNO3/c1-11-10-13(18)4-9-16(11)19-17(20)12(2)22-15-7-5-14(21-3)6-8-15/h4-10,12H,1-3H3,(H,19,20)/t12-/m0/s1. The first-order valence-electron chi connectivity index (χ1n) is 6.87. The van der Waals surface area contributed by atoms with E-state index in [9.17, 15) is 4.79 Å². The number of ether oxygens (including phenoxy) is 2. The molecule has 1 N–H and O–H groups in total. The van der Waals surface area contributed by atoms with Gasteiger partial charge in [0.05, 0.1) is 7.11 Å². The van der Waals surface area contributed by atoms with Crippen molar-refractivity contribution in [3.05, 3.63) is 52.5 Å². The normalized spacial score (nSPS) is 11.6. The van der Waals surface area contributed by atoms with Gasteiger partial charge in [-0.2, -0.15) is 0 Å². The Labute approximate surface area is 138 Å². The molecule has 0 bridgehead atoms. The van der Waals surface area contributed by atoms with Crippen molar-refractivity contribution in [2.24, 2.45) is 0 Å². The topological polar surface area (TPSA) is 47.6 Å². The molecule has 2 rings (SSSR count). The molecule has 0 saturated heterocycles. The lowest BCUT2D eigenvalue weighted by Gasteiger charge is -2.16. The summed E-state index contributed by atoms with van der Waals surface area (Å²) in [4.78, 5) is 12.2. The van der Waals surface area contributed by atoms with Gasteiger partial charge in [0.15, 0.2) is 6.10 Å². The van der Waals surface area contributed by atoms with E-state index in [4.69, 9.17) is 9.47 Å². The number of carbonyl (C=O) groups is 1. The van der Waals surface area contributed by atoms with Crippen LogP contribution in [0.2, 0.25) is 0 Å². The molecule has 4 nitrogen and oxygen atoms in total. The molecule has 0 aromatic heterocycles. The van der Waals surface area contributed by atoms with Crippen molar-refractivity contribution in [1.82, 2.24) is 0 Å². The van der Waals surface area contributed by atoms with Gasteiger partial charge in [-0.1, -0.05) is 15.9 Å².